The van der Waals surface area contributed by atoms with Crippen LogP contribution in [0.5, 0.6) is 0 Å². The molecular weight excluding hydrogens is 241 g/mol. The Morgan fingerprint density at radius 2 is 2.17 bits per heavy atom. The van der Waals surface area contributed by atoms with Gasteiger partial charge in [0.1, 0.15) is 0 Å². The van der Waals surface area contributed by atoms with Gasteiger partial charge in [0.05, 0.1) is 0 Å². The van der Waals surface area contributed by atoms with Crippen molar-refractivity contribution in [2.75, 3.05) is 0 Å². The molecule has 0 atom stereocenters. The Morgan fingerprint density at radius 3 is 2.67 bits per heavy atom. The van der Waals surface area contributed by atoms with E-state index in [1.54, 1.807) is 19.1 Å². The van der Waals surface area contributed by atoms with Crippen LogP contribution in [0.15, 0.2) is 16.6 Å². The normalized spacial score (nSPS) is 9.92. The van der Waals surface area contributed by atoms with E-state index in [9.17, 15) is 4.79 Å². The lowest BCUT2D eigenvalue weighted by Crippen LogP contribution is -2.12. The van der Waals surface area contributed by atoms with Gasteiger partial charge in [0.25, 0.3) is 0 Å². The second kappa shape index (κ2) is 3.46. The molecule has 0 saturated heterocycles. The standard InChI is InChI=1S/C8H7BrClNO/c1-4-6(8(11)12)2-5(9)3-7(4)10/h2-3H,1H3,(H2,11,12). The number of amides is 1. The highest BCUT2D eigenvalue weighted by atomic mass is 79.9. The Labute approximate surface area is 83.8 Å². The van der Waals surface area contributed by atoms with Gasteiger partial charge in [0.2, 0.25) is 5.91 Å². The van der Waals surface area contributed by atoms with Gasteiger partial charge in [-0.2, -0.15) is 0 Å². The summed E-state index contributed by atoms with van der Waals surface area (Å²) in [6, 6.07) is 3.38. The zero-order valence-corrected chi connectivity index (χ0v) is 8.74. The molecule has 12 heavy (non-hydrogen) atoms. The minimum absolute atomic E-state index is 0.453. The molecule has 0 aliphatic carbocycles. The largest absolute Gasteiger partial charge is 0.366 e. The number of primary amides is 1. The fourth-order valence-corrected chi connectivity index (χ4v) is 1.71. The number of hydrogen-bond acceptors (Lipinski definition) is 1. The van der Waals surface area contributed by atoms with Crippen LogP contribution >= 0.6 is 27.5 Å². The number of hydrogen-bond donors (Lipinski definition) is 1. The van der Waals surface area contributed by atoms with Gasteiger partial charge >= 0.3 is 0 Å². The maximum atomic E-state index is 10.9. The molecule has 1 aromatic rings. The maximum Gasteiger partial charge on any atom is 0.249 e. The first-order chi connectivity index (χ1) is 5.52. The van der Waals surface area contributed by atoms with Crippen molar-refractivity contribution < 1.29 is 4.79 Å². The van der Waals surface area contributed by atoms with Gasteiger partial charge in [0.15, 0.2) is 0 Å². The zero-order chi connectivity index (χ0) is 9.30. The fourth-order valence-electron chi connectivity index (χ4n) is 0.902. The minimum Gasteiger partial charge on any atom is -0.366 e. The molecule has 2 nitrogen and oxygen atoms in total. The Morgan fingerprint density at radius 1 is 1.58 bits per heavy atom. The Hall–Kier alpha value is -0.540. The molecule has 0 saturated carbocycles. The summed E-state index contributed by atoms with van der Waals surface area (Å²) < 4.78 is 0.756. The lowest BCUT2D eigenvalue weighted by atomic mass is 10.1. The van der Waals surface area contributed by atoms with Crippen LogP contribution in [0.4, 0.5) is 0 Å². The van der Waals surface area contributed by atoms with E-state index in [4.69, 9.17) is 17.3 Å². The third-order valence-electron chi connectivity index (χ3n) is 1.57. The number of carbonyl (C=O) groups excluding carboxylic acids is 1. The monoisotopic (exact) mass is 247 g/mol. The van der Waals surface area contributed by atoms with Crippen molar-refractivity contribution in [3.63, 3.8) is 0 Å². The van der Waals surface area contributed by atoms with E-state index < -0.39 is 5.91 Å². The number of halogens is 2. The quantitative estimate of drug-likeness (QED) is 0.815. The summed E-state index contributed by atoms with van der Waals surface area (Å²) in [6.07, 6.45) is 0. The van der Waals surface area contributed by atoms with Crippen molar-refractivity contribution in [2.24, 2.45) is 5.73 Å². The molecular formula is C8H7BrClNO. The third-order valence-corrected chi connectivity index (χ3v) is 2.42. The van der Waals surface area contributed by atoms with Crippen molar-refractivity contribution in [3.05, 3.63) is 32.8 Å². The SMILES string of the molecule is Cc1c(Cl)cc(Br)cc1C(N)=O. The summed E-state index contributed by atoms with van der Waals surface area (Å²) in [6.45, 7) is 1.76. The molecule has 2 N–H and O–H groups in total. The Bertz CT molecular complexity index is 338. The lowest BCUT2D eigenvalue weighted by Gasteiger charge is -2.04. The van der Waals surface area contributed by atoms with Crippen molar-refractivity contribution in [1.82, 2.24) is 0 Å². The van der Waals surface area contributed by atoms with E-state index in [1.165, 1.54) is 0 Å². The van der Waals surface area contributed by atoms with Crippen LogP contribution in [0.3, 0.4) is 0 Å². The van der Waals surface area contributed by atoms with Crippen LogP contribution in [-0.2, 0) is 0 Å². The Balaban J connectivity index is 3.37. The minimum atomic E-state index is -0.462. The van der Waals surface area contributed by atoms with E-state index in [0.717, 1.165) is 4.47 Å². The number of rotatable bonds is 1. The smallest absolute Gasteiger partial charge is 0.249 e. The molecule has 0 spiro atoms. The van der Waals surface area contributed by atoms with Crippen LogP contribution in [0.2, 0.25) is 5.02 Å². The first-order valence-electron chi connectivity index (χ1n) is 3.28. The molecule has 0 aliphatic rings. The average Bonchev–Trinajstić information content (AvgIpc) is 1.96. The average molecular weight is 249 g/mol. The molecule has 0 bridgehead atoms. The van der Waals surface area contributed by atoms with Crippen molar-refractivity contribution in [1.29, 1.82) is 0 Å². The molecule has 1 rings (SSSR count). The van der Waals surface area contributed by atoms with E-state index in [-0.39, 0.29) is 0 Å². The second-order valence-corrected chi connectivity index (χ2v) is 3.75. The van der Waals surface area contributed by atoms with Gasteiger partial charge in [-0.15, -0.1) is 0 Å². The van der Waals surface area contributed by atoms with Gasteiger partial charge in [-0.3, -0.25) is 4.79 Å². The summed E-state index contributed by atoms with van der Waals surface area (Å²) in [5, 5.41) is 0.540. The fraction of sp³-hybridized carbons (Fsp3) is 0.125. The van der Waals surface area contributed by atoms with Crippen LogP contribution in [0.1, 0.15) is 15.9 Å². The topological polar surface area (TPSA) is 43.1 Å². The van der Waals surface area contributed by atoms with Gasteiger partial charge in [0, 0.05) is 15.1 Å². The Kier molecular flexibility index (Phi) is 2.75. The van der Waals surface area contributed by atoms with Crippen LogP contribution in [-0.4, -0.2) is 5.91 Å². The molecule has 0 fully saturated rings. The molecule has 0 radical (unpaired) electrons. The van der Waals surface area contributed by atoms with E-state index in [2.05, 4.69) is 15.9 Å². The lowest BCUT2D eigenvalue weighted by molar-refractivity contribution is 0.0999. The molecule has 64 valence electrons. The van der Waals surface area contributed by atoms with Crippen LogP contribution in [0, 0.1) is 6.92 Å². The number of carbonyl (C=O) groups is 1. The first kappa shape index (κ1) is 9.55. The summed E-state index contributed by atoms with van der Waals surface area (Å²) in [7, 11) is 0. The molecule has 0 unspecified atom stereocenters. The number of nitrogens with two attached hydrogens (primary N) is 1. The molecule has 1 aromatic carbocycles. The van der Waals surface area contributed by atoms with Gasteiger partial charge in [-0.05, 0) is 24.6 Å². The summed E-state index contributed by atoms with van der Waals surface area (Å²) in [5.41, 5.74) is 6.30. The van der Waals surface area contributed by atoms with Crippen molar-refractivity contribution >= 4 is 33.4 Å². The van der Waals surface area contributed by atoms with Crippen LogP contribution in [0.25, 0.3) is 0 Å². The van der Waals surface area contributed by atoms with E-state index >= 15 is 0 Å². The first-order valence-corrected chi connectivity index (χ1v) is 4.45. The molecule has 1 amide bonds. The summed E-state index contributed by atoms with van der Waals surface area (Å²) in [4.78, 5) is 10.9. The van der Waals surface area contributed by atoms with Crippen molar-refractivity contribution in [2.45, 2.75) is 6.92 Å². The van der Waals surface area contributed by atoms with E-state index in [1.807, 2.05) is 0 Å². The predicted octanol–water partition coefficient (Wildman–Crippen LogP) is 2.51. The number of benzene rings is 1. The second-order valence-electron chi connectivity index (χ2n) is 2.42. The van der Waals surface area contributed by atoms with Gasteiger partial charge in [-0.1, -0.05) is 27.5 Å². The summed E-state index contributed by atoms with van der Waals surface area (Å²) in [5.74, 6) is -0.462. The van der Waals surface area contributed by atoms with Gasteiger partial charge < -0.3 is 5.73 Å². The van der Waals surface area contributed by atoms with Crippen LogP contribution < -0.4 is 5.73 Å². The molecule has 0 aromatic heterocycles. The third kappa shape index (κ3) is 1.79. The predicted molar refractivity (Wildman–Crippen MR) is 52.4 cm³/mol. The van der Waals surface area contributed by atoms with E-state index in [0.29, 0.717) is 16.1 Å². The zero-order valence-electron chi connectivity index (χ0n) is 6.40. The summed E-state index contributed by atoms with van der Waals surface area (Å²) >= 11 is 9.05. The maximum absolute atomic E-state index is 10.9. The highest BCUT2D eigenvalue weighted by Crippen LogP contribution is 2.24. The highest BCUT2D eigenvalue weighted by Gasteiger charge is 2.08. The molecule has 0 heterocycles. The molecule has 0 aliphatic heterocycles. The molecule has 4 heteroatoms. The highest BCUT2D eigenvalue weighted by molar-refractivity contribution is 9.10. The van der Waals surface area contributed by atoms with Crippen molar-refractivity contribution in [3.8, 4) is 0 Å². The van der Waals surface area contributed by atoms with Gasteiger partial charge in [-0.25, -0.2) is 0 Å².